The minimum absolute atomic E-state index is 0.000275. The number of rotatable bonds is 8. The van der Waals surface area contributed by atoms with E-state index in [0.29, 0.717) is 34.8 Å². The number of carboxylic acid groups (broad SMARTS) is 1. The number of carbonyl (C=O) groups excluding carboxylic acids is 1. The second kappa shape index (κ2) is 9.17. The minimum atomic E-state index is -2.99. The molecule has 1 aromatic rings. The van der Waals surface area contributed by atoms with Crippen LogP contribution in [-0.2, 0) is 9.59 Å². The summed E-state index contributed by atoms with van der Waals surface area (Å²) in [5.41, 5.74) is 3.61. The van der Waals surface area contributed by atoms with Crippen LogP contribution < -0.4 is 10.2 Å². The zero-order valence-electron chi connectivity index (χ0n) is 15.8. The molecule has 1 aliphatic heterocycles. The predicted octanol–water partition coefficient (Wildman–Crippen LogP) is 3.36. The first-order valence-corrected chi connectivity index (χ1v) is 11.0. The number of hydrogen-bond acceptors (Lipinski definition) is 7. The maximum Gasteiger partial charge on any atom is 0.303 e. The van der Waals surface area contributed by atoms with Gasteiger partial charge in [-0.2, -0.15) is 28.3 Å². The van der Waals surface area contributed by atoms with E-state index in [9.17, 15) is 18.7 Å². The first kappa shape index (κ1) is 22.5. The average Bonchev–Trinajstić information content (AvgIpc) is 2.56. The van der Waals surface area contributed by atoms with Gasteiger partial charge in [0.2, 0.25) is 5.91 Å². The molecule has 1 amide bonds. The van der Waals surface area contributed by atoms with Crippen LogP contribution in [0.15, 0.2) is 28.2 Å². The summed E-state index contributed by atoms with van der Waals surface area (Å²) >= 11 is 4.32. The third-order valence-electron chi connectivity index (χ3n) is 3.95. The van der Waals surface area contributed by atoms with E-state index in [1.165, 1.54) is 0 Å². The number of fused-ring (bicyclic) bond motifs is 1. The molecule has 0 saturated heterocycles. The van der Waals surface area contributed by atoms with Gasteiger partial charge in [0.05, 0.1) is 17.2 Å². The topological polar surface area (TPSA) is 128 Å². The fraction of sp³-hybridized carbons (Fsp3) is 0.500. The van der Waals surface area contributed by atoms with Crippen molar-refractivity contribution in [1.29, 1.82) is 0 Å². The molecule has 8 nitrogen and oxygen atoms in total. The van der Waals surface area contributed by atoms with Gasteiger partial charge in [-0.05, 0) is 18.6 Å². The maximum atomic E-state index is 12.0. The third kappa shape index (κ3) is 6.69. The highest BCUT2D eigenvalue weighted by molar-refractivity contribution is 8.24. The van der Waals surface area contributed by atoms with Crippen molar-refractivity contribution in [3.8, 4) is 5.75 Å². The molecule has 0 radical (unpaired) electrons. The second-order valence-corrected chi connectivity index (χ2v) is 10.6. The lowest BCUT2D eigenvalue weighted by molar-refractivity contribution is -0.137. The van der Waals surface area contributed by atoms with E-state index in [2.05, 4.69) is 23.2 Å². The number of amides is 1. The summed E-state index contributed by atoms with van der Waals surface area (Å²) in [4.78, 5) is 22.8. The Morgan fingerprint density at radius 3 is 2.71 bits per heavy atom. The zero-order chi connectivity index (χ0) is 20.9. The molecule has 1 aliphatic rings. The van der Waals surface area contributed by atoms with Gasteiger partial charge in [0.1, 0.15) is 5.75 Å². The van der Waals surface area contributed by atoms with Gasteiger partial charge in [0, 0.05) is 41.4 Å². The Kier molecular flexibility index (Phi) is 7.38. The molecule has 1 aromatic carbocycles. The Balaban J connectivity index is 2.14. The SMILES string of the molecule is CC(C)(S)CC(=O)NN=C1CCS(O)(O)c2cc(OCCCC(=O)O)ccc21. The van der Waals surface area contributed by atoms with Crippen LogP contribution in [0.2, 0.25) is 0 Å². The van der Waals surface area contributed by atoms with E-state index in [-0.39, 0.29) is 31.1 Å². The Morgan fingerprint density at radius 2 is 2.07 bits per heavy atom. The van der Waals surface area contributed by atoms with Gasteiger partial charge in [0.25, 0.3) is 0 Å². The molecule has 0 aromatic heterocycles. The highest BCUT2D eigenvalue weighted by Gasteiger charge is 2.29. The number of hydrogen-bond donors (Lipinski definition) is 5. The summed E-state index contributed by atoms with van der Waals surface area (Å²) in [6, 6.07) is 4.87. The molecule has 156 valence electrons. The molecular weight excluding hydrogens is 404 g/mol. The molecule has 0 atom stereocenters. The first-order chi connectivity index (χ1) is 13.0. The number of aliphatic carboxylic acids is 1. The van der Waals surface area contributed by atoms with Crippen molar-refractivity contribution < 1.29 is 28.5 Å². The monoisotopic (exact) mass is 430 g/mol. The van der Waals surface area contributed by atoms with Crippen molar-refractivity contribution >= 4 is 40.8 Å². The van der Waals surface area contributed by atoms with Crippen LogP contribution in [-0.4, -0.2) is 48.9 Å². The smallest absolute Gasteiger partial charge is 0.303 e. The van der Waals surface area contributed by atoms with E-state index >= 15 is 0 Å². The van der Waals surface area contributed by atoms with Crippen molar-refractivity contribution in [1.82, 2.24) is 5.43 Å². The summed E-state index contributed by atoms with van der Waals surface area (Å²) in [6.07, 6.45) is 0.860. The Morgan fingerprint density at radius 1 is 1.36 bits per heavy atom. The Bertz CT molecular complexity index is 774. The molecule has 0 spiro atoms. The molecule has 28 heavy (non-hydrogen) atoms. The minimum Gasteiger partial charge on any atom is -0.494 e. The molecule has 0 aliphatic carbocycles. The lowest BCUT2D eigenvalue weighted by atomic mass is 10.1. The van der Waals surface area contributed by atoms with E-state index < -0.39 is 21.3 Å². The fourth-order valence-corrected chi connectivity index (χ4v) is 4.36. The van der Waals surface area contributed by atoms with Crippen LogP contribution in [0, 0.1) is 0 Å². The van der Waals surface area contributed by atoms with Crippen LogP contribution in [0.25, 0.3) is 0 Å². The summed E-state index contributed by atoms with van der Waals surface area (Å²) in [5, 5.41) is 12.8. The van der Waals surface area contributed by atoms with Gasteiger partial charge < -0.3 is 9.84 Å². The number of thiol groups is 1. The van der Waals surface area contributed by atoms with Gasteiger partial charge in [0.15, 0.2) is 0 Å². The molecule has 0 saturated carbocycles. The summed E-state index contributed by atoms with van der Waals surface area (Å²) in [5.74, 6) is -0.641. The maximum absolute atomic E-state index is 12.0. The van der Waals surface area contributed by atoms with Gasteiger partial charge >= 0.3 is 5.97 Å². The normalized spacial score (nSPS) is 18.2. The molecule has 0 bridgehead atoms. The van der Waals surface area contributed by atoms with E-state index in [1.807, 2.05) is 13.8 Å². The summed E-state index contributed by atoms with van der Waals surface area (Å²) in [6.45, 7) is 3.86. The van der Waals surface area contributed by atoms with Gasteiger partial charge in [-0.25, -0.2) is 5.43 Å². The standard InChI is InChI=1S/C18H26N2O6S2/c1-18(2,27)11-16(21)20-19-14-7-9-28(24,25)15-10-12(5-6-13(14)15)26-8-3-4-17(22)23/h5-6,10,24-25,27H,3-4,7-9,11H2,1-2H3,(H,20,21)(H,22,23). The van der Waals surface area contributed by atoms with Gasteiger partial charge in [-0.1, -0.05) is 13.8 Å². The second-order valence-electron chi connectivity index (χ2n) is 7.21. The first-order valence-electron chi connectivity index (χ1n) is 8.81. The Hall–Kier alpha value is -1.75. The van der Waals surface area contributed by atoms with Crippen molar-refractivity contribution in [2.45, 2.75) is 49.2 Å². The van der Waals surface area contributed by atoms with Gasteiger partial charge in [-0.3, -0.25) is 18.7 Å². The number of nitrogens with zero attached hydrogens (tertiary/aromatic N) is 1. The van der Waals surface area contributed by atoms with Crippen molar-refractivity contribution in [3.05, 3.63) is 23.8 Å². The number of benzene rings is 1. The third-order valence-corrected chi connectivity index (χ3v) is 5.93. The molecule has 0 fully saturated rings. The number of carboxylic acids is 1. The molecule has 2 rings (SSSR count). The highest BCUT2D eigenvalue weighted by Crippen LogP contribution is 2.54. The molecule has 10 heteroatoms. The van der Waals surface area contributed by atoms with Crippen molar-refractivity contribution in [2.75, 3.05) is 12.4 Å². The van der Waals surface area contributed by atoms with Crippen molar-refractivity contribution in [3.63, 3.8) is 0 Å². The van der Waals surface area contributed by atoms with Crippen LogP contribution in [0.4, 0.5) is 0 Å². The van der Waals surface area contributed by atoms with Crippen LogP contribution >= 0.6 is 23.2 Å². The van der Waals surface area contributed by atoms with Crippen LogP contribution in [0.3, 0.4) is 0 Å². The molecule has 0 unspecified atom stereocenters. The molecule has 1 heterocycles. The zero-order valence-corrected chi connectivity index (χ0v) is 17.6. The number of ether oxygens (including phenoxy) is 1. The van der Waals surface area contributed by atoms with Crippen LogP contribution in [0.5, 0.6) is 5.75 Å². The summed E-state index contributed by atoms with van der Waals surface area (Å²) < 4.78 is 25.8. The summed E-state index contributed by atoms with van der Waals surface area (Å²) in [7, 11) is -2.99. The quantitative estimate of drug-likeness (QED) is 0.244. The predicted molar refractivity (Wildman–Crippen MR) is 112 cm³/mol. The fourth-order valence-electron chi connectivity index (χ4n) is 2.68. The molecular formula is C18H26N2O6S2. The van der Waals surface area contributed by atoms with Crippen LogP contribution in [0.1, 0.15) is 45.1 Å². The number of carbonyl (C=O) groups is 2. The molecule has 4 N–H and O–H groups in total. The largest absolute Gasteiger partial charge is 0.494 e. The highest BCUT2D eigenvalue weighted by atomic mass is 32.3. The van der Waals surface area contributed by atoms with E-state index in [4.69, 9.17) is 9.84 Å². The number of nitrogens with one attached hydrogen (secondary N) is 1. The van der Waals surface area contributed by atoms with Crippen molar-refractivity contribution in [2.24, 2.45) is 5.10 Å². The lowest BCUT2D eigenvalue weighted by Crippen LogP contribution is -2.28. The van der Waals surface area contributed by atoms with Gasteiger partial charge in [-0.15, -0.1) is 0 Å². The number of hydrazone groups is 1. The van der Waals surface area contributed by atoms with E-state index in [0.717, 1.165) is 0 Å². The Labute approximate surface area is 171 Å². The van der Waals surface area contributed by atoms with E-state index in [1.54, 1.807) is 18.2 Å². The lowest BCUT2D eigenvalue weighted by Gasteiger charge is -2.38. The average molecular weight is 431 g/mol.